The van der Waals surface area contributed by atoms with Crippen molar-refractivity contribution in [1.82, 2.24) is 5.32 Å². The summed E-state index contributed by atoms with van der Waals surface area (Å²) >= 11 is 0. The van der Waals surface area contributed by atoms with Gasteiger partial charge in [-0.05, 0) is 31.5 Å². The van der Waals surface area contributed by atoms with Gasteiger partial charge in [-0.15, -0.1) is 0 Å². The molecule has 1 unspecified atom stereocenters. The maximum absolute atomic E-state index is 14.6. The summed E-state index contributed by atoms with van der Waals surface area (Å²) in [6, 6.07) is 6.25. The van der Waals surface area contributed by atoms with Crippen molar-refractivity contribution in [1.29, 1.82) is 0 Å². The molecule has 2 aromatic rings. The average molecular weight is 237 g/mol. The zero-order chi connectivity index (χ0) is 11.9. The number of hydrogen-bond acceptors (Lipinski definition) is 2. The first-order valence-electron chi connectivity index (χ1n) is 5.77. The third-order valence-corrected chi connectivity index (χ3v) is 3.27. The zero-order valence-corrected chi connectivity index (χ0v) is 9.30. The van der Waals surface area contributed by atoms with Gasteiger partial charge in [-0.2, -0.15) is 0 Å². The van der Waals surface area contributed by atoms with Gasteiger partial charge in [0, 0.05) is 11.9 Å². The number of piperidine rings is 1. The van der Waals surface area contributed by atoms with Gasteiger partial charge in [-0.1, -0.05) is 12.1 Å². The van der Waals surface area contributed by atoms with E-state index in [1.165, 1.54) is 6.07 Å². The van der Waals surface area contributed by atoms with Crippen molar-refractivity contribution in [3.63, 3.8) is 0 Å². The molecular formula is C13H13F2NO. The van der Waals surface area contributed by atoms with Crippen LogP contribution in [0.1, 0.15) is 18.6 Å². The van der Waals surface area contributed by atoms with Crippen molar-refractivity contribution >= 4 is 11.0 Å². The van der Waals surface area contributed by atoms with E-state index in [0.717, 1.165) is 13.0 Å². The third-order valence-electron chi connectivity index (χ3n) is 3.27. The van der Waals surface area contributed by atoms with Crippen LogP contribution in [0.25, 0.3) is 11.0 Å². The summed E-state index contributed by atoms with van der Waals surface area (Å²) in [6.45, 7) is 1.05. The molecule has 3 rings (SSSR count). The van der Waals surface area contributed by atoms with Crippen LogP contribution in [-0.2, 0) is 5.67 Å². The van der Waals surface area contributed by atoms with Crippen LogP contribution in [0.3, 0.4) is 0 Å². The Morgan fingerprint density at radius 3 is 2.94 bits per heavy atom. The summed E-state index contributed by atoms with van der Waals surface area (Å²) in [7, 11) is 0. The minimum absolute atomic E-state index is 0.144. The molecule has 1 aliphatic rings. The molecule has 2 nitrogen and oxygen atoms in total. The third kappa shape index (κ3) is 1.72. The SMILES string of the molecule is Fc1cccc2cc(C3(F)CCCNC3)oc12. The molecule has 1 N–H and O–H groups in total. The fourth-order valence-corrected chi connectivity index (χ4v) is 2.33. The number of furan rings is 1. The summed E-state index contributed by atoms with van der Waals surface area (Å²) in [5.41, 5.74) is -1.37. The zero-order valence-electron chi connectivity index (χ0n) is 9.30. The predicted molar refractivity (Wildman–Crippen MR) is 61.1 cm³/mol. The Kier molecular flexibility index (Phi) is 2.40. The van der Waals surface area contributed by atoms with Gasteiger partial charge in [-0.3, -0.25) is 0 Å². The highest BCUT2D eigenvalue weighted by atomic mass is 19.1. The second-order valence-electron chi connectivity index (χ2n) is 4.51. The van der Waals surface area contributed by atoms with Crippen LogP contribution in [0.5, 0.6) is 0 Å². The molecule has 1 fully saturated rings. The number of rotatable bonds is 1. The lowest BCUT2D eigenvalue weighted by Crippen LogP contribution is -2.39. The second-order valence-corrected chi connectivity index (χ2v) is 4.51. The molecule has 0 radical (unpaired) electrons. The largest absolute Gasteiger partial charge is 0.455 e. The van der Waals surface area contributed by atoms with Crippen LogP contribution >= 0.6 is 0 Å². The molecule has 1 aliphatic heterocycles. The highest BCUT2D eigenvalue weighted by molar-refractivity contribution is 5.78. The molecule has 4 heteroatoms. The number of halogens is 2. The van der Waals surface area contributed by atoms with E-state index in [2.05, 4.69) is 5.32 Å². The van der Waals surface area contributed by atoms with Crippen LogP contribution in [0.15, 0.2) is 28.7 Å². The van der Waals surface area contributed by atoms with Crippen molar-refractivity contribution in [3.05, 3.63) is 35.8 Å². The molecule has 17 heavy (non-hydrogen) atoms. The van der Waals surface area contributed by atoms with E-state index in [0.29, 0.717) is 11.8 Å². The Morgan fingerprint density at radius 1 is 1.35 bits per heavy atom. The number of benzene rings is 1. The Morgan fingerprint density at radius 2 is 2.24 bits per heavy atom. The maximum Gasteiger partial charge on any atom is 0.180 e. The normalized spacial score (nSPS) is 25.3. The monoisotopic (exact) mass is 237 g/mol. The van der Waals surface area contributed by atoms with Crippen molar-refractivity contribution in [2.24, 2.45) is 0 Å². The van der Waals surface area contributed by atoms with Crippen LogP contribution in [0, 0.1) is 5.82 Å². The lowest BCUT2D eigenvalue weighted by atomic mass is 9.93. The molecule has 0 aliphatic carbocycles. The topological polar surface area (TPSA) is 25.2 Å². The Hall–Kier alpha value is -1.42. The van der Waals surface area contributed by atoms with Gasteiger partial charge in [0.05, 0.1) is 0 Å². The minimum atomic E-state index is -1.51. The van der Waals surface area contributed by atoms with E-state index in [1.54, 1.807) is 18.2 Å². The van der Waals surface area contributed by atoms with E-state index < -0.39 is 11.5 Å². The first-order chi connectivity index (χ1) is 8.19. The molecule has 1 aromatic carbocycles. The van der Waals surface area contributed by atoms with Gasteiger partial charge in [0.15, 0.2) is 17.1 Å². The standard InChI is InChI=1S/C13H13F2NO/c14-10-4-1-3-9-7-11(17-12(9)10)13(15)5-2-6-16-8-13/h1,3-4,7,16H,2,5-6,8H2. The molecule has 1 saturated heterocycles. The van der Waals surface area contributed by atoms with Crippen molar-refractivity contribution in [3.8, 4) is 0 Å². The van der Waals surface area contributed by atoms with Crippen LogP contribution < -0.4 is 5.32 Å². The van der Waals surface area contributed by atoms with E-state index in [4.69, 9.17) is 4.42 Å². The van der Waals surface area contributed by atoms with Gasteiger partial charge in [0.1, 0.15) is 5.76 Å². The maximum atomic E-state index is 14.6. The van der Waals surface area contributed by atoms with Crippen LogP contribution in [0.4, 0.5) is 8.78 Å². The average Bonchev–Trinajstić information content (AvgIpc) is 2.76. The van der Waals surface area contributed by atoms with Crippen molar-refractivity contribution < 1.29 is 13.2 Å². The minimum Gasteiger partial charge on any atom is -0.455 e. The quantitative estimate of drug-likeness (QED) is 0.824. The van der Waals surface area contributed by atoms with Gasteiger partial charge in [0.25, 0.3) is 0 Å². The lowest BCUT2D eigenvalue weighted by Gasteiger charge is -2.27. The number of nitrogens with one attached hydrogen (secondary N) is 1. The fraction of sp³-hybridized carbons (Fsp3) is 0.385. The lowest BCUT2D eigenvalue weighted by molar-refractivity contribution is 0.0951. The first kappa shape index (κ1) is 10.7. The summed E-state index contributed by atoms with van der Waals surface area (Å²) in [5, 5.41) is 3.62. The molecule has 0 bridgehead atoms. The smallest absolute Gasteiger partial charge is 0.180 e. The fourth-order valence-electron chi connectivity index (χ4n) is 2.33. The van der Waals surface area contributed by atoms with Crippen molar-refractivity contribution in [2.45, 2.75) is 18.5 Å². The molecule has 1 atom stereocenters. The summed E-state index contributed by atoms with van der Waals surface area (Å²) in [4.78, 5) is 0. The molecule has 0 spiro atoms. The van der Waals surface area contributed by atoms with Gasteiger partial charge < -0.3 is 9.73 Å². The number of fused-ring (bicyclic) bond motifs is 1. The van der Waals surface area contributed by atoms with E-state index in [1.807, 2.05) is 0 Å². The second kappa shape index (κ2) is 3.81. The summed E-state index contributed by atoms with van der Waals surface area (Å²) in [5.74, 6) is -0.217. The number of alkyl halides is 1. The van der Waals surface area contributed by atoms with E-state index >= 15 is 0 Å². The van der Waals surface area contributed by atoms with Gasteiger partial charge in [-0.25, -0.2) is 8.78 Å². The molecular weight excluding hydrogens is 224 g/mol. The van der Waals surface area contributed by atoms with Crippen LogP contribution in [-0.4, -0.2) is 13.1 Å². The Labute approximate surface area is 97.6 Å². The van der Waals surface area contributed by atoms with E-state index in [-0.39, 0.29) is 17.9 Å². The number of hydrogen-bond donors (Lipinski definition) is 1. The molecule has 1 aromatic heterocycles. The van der Waals surface area contributed by atoms with Crippen LogP contribution in [0.2, 0.25) is 0 Å². The molecule has 90 valence electrons. The van der Waals surface area contributed by atoms with Crippen molar-refractivity contribution in [2.75, 3.05) is 13.1 Å². The first-order valence-corrected chi connectivity index (χ1v) is 5.77. The highest BCUT2D eigenvalue weighted by Gasteiger charge is 2.37. The highest BCUT2D eigenvalue weighted by Crippen LogP contribution is 2.36. The van der Waals surface area contributed by atoms with Gasteiger partial charge >= 0.3 is 0 Å². The Balaban J connectivity index is 2.08. The summed E-state index contributed by atoms with van der Waals surface area (Å²) in [6.07, 6.45) is 1.18. The Bertz CT molecular complexity index is 543. The molecule has 0 saturated carbocycles. The number of para-hydroxylation sites is 1. The van der Waals surface area contributed by atoms with E-state index in [9.17, 15) is 8.78 Å². The van der Waals surface area contributed by atoms with Gasteiger partial charge in [0.2, 0.25) is 0 Å². The predicted octanol–water partition coefficient (Wildman–Crippen LogP) is 3.12. The molecule has 0 amide bonds. The summed E-state index contributed by atoms with van der Waals surface area (Å²) < 4.78 is 33.4. The molecule has 2 heterocycles.